The molecule has 2 aliphatic rings. The molecule has 2 N–H and O–H groups in total. The highest BCUT2D eigenvalue weighted by atomic mass is 19.4. The molecule has 0 aromatic rings. The van der Waals surface area contributed by atoms with E-state index in [9.17, 15) is 31.1 Å². The standard InChI is InChI=1S/C17H33N3O3.2C2HF3O2/c1-5-19(6-2)9-10-20-11-12-22-17-14(20)7-8-15(17)23-13-16(21)18(3)4;2*3-2(4,5)1(6)7/h14-15,17H,5-13H2,1-4H3;2*(H,6,7)/t14-,15+,17+;;/m0../s1. The van der Waals surface area contributed by atoms with Crippen LogP contribution in [0, 0.1) is 0 Å². The summed E-state index contributed by atoms with van der Waals surface area (Å²) in [4.78, 5) is 36.1. The Bertz CT molecular complexity index is 694. The van der Waals surface area contributed by atoms with Crippen LogP contribution in [-0.4, -0.2) is 133 Å². The van der Waals surface area contributed by atoms with E-state index in [1.54, 1.807) is 19.0 Å². The molecule has 0 radical (unpaired) electrons. The summed E-state index contributed by atoms with van der Waals surface area (Å²) >= 11 is 0. The van der Waals surface area contributed by atoms with Gasteiger partial charge in [0.2, 0.25) is 5.91 Å². The summed E-state index contributed by atoms with van der Waals surface area (Å²) in [6.45, 7) is 10.8. The SMILES string of the molecule is CCN(CC)CCN1CCO[C@H]2[C@H](OCC(=O)N(C)C)CC[C@@H]21.O=C(O)C(F)(F)F.O=C(O)C(F)(F)F. The first-order valence-corrected chi connectivity index (χ1v) is 11.5. The number of nitrogens with zero attached hydrogens (tertiary/aromatic N) is 3. The lowest BCUT2D eigenvalue weighted by molar-refractivity contribution is -0.193. The molecule has 218 valence electrons. The van der Waals surface area contributed by atoms with E-state index in [0.717, 1.165) is 52.2 Å². The van der Waals surface area contributed by atoms with Crippen molar-refractivity contribution in [3.05, 3.63) is 0 Å². The molecule has 0 aromatic carbocycles. The fraction of sp³-hybridized carbons (Fsp3) is 0.857. The van der Waals surface area contributed by atoms with E-state index in [-0.39, 0.29) is 24.7 Å². The van der Waals surface area contributed by atoms with Gasteiger partial charge in [-0.05, 0) is 25.9 Å². The van der Waals surface area contributed by atoms with Crippen LogP contribution in [0.25, 0.3) is 0 Å². The van der Waals surface area contributed by atoms with Gasteiger partial charge in [0.25, 0.3) is 0 Å². The molecule has 3 atom stereocenters. The van der Waals surface area contributed by atoms with Gasteiger partial charge in [-0.1, -0.05) is 13.8 Å². The molecule has 0 aromatic heterocycles. The largest absolute Gasteiger partial charge is 0.490 e. The van der Waals surface area contributed by atoms with Crippen molar-refractivity contribution in [2.75, 3.05) is 60.0 Å². The Morgan fingerprint density at radius 2 is 1.46 bits per heavy atom. The molecule has 2 rings (SSSR count). The highest BCUT2D eigenvalue weighted by Gasteiger charge is 2.43. The Morgan fingerprint density at radius 1 is 0.973 bits per heavy atom. The number of halogens is 6. The number of rotatable bonds is 8. The van der Waals surface area contributed by atoms with Crippen molar-refractivity contribution in [2.45, 2.75) is 57.3 Å². The minimum atomic E-state index is -5.08. The molecule has 0 unspecified atom stereocenters. The topological polar surface area (TPSA) is 120 Å². The maximum Gasteiger partial charge on any atom is 0.490 e. The van der Waals surface area contributed by atoms with Crippen molar-refractivity contribution in [2.24, 2.45) is 0 Å². The van der Waals surface area contributed by atoms with Crippen molar-refractivity contribution in [1.29, 1.82) is 0 Å². The molecule has 2 fully saturated rings. The van der Waals surface area contributed by atoms with Crippen LogP contribution in [-0.2, 0) is 23.9 Å². The number of amides is 1. The van der Waals surface area contributed by atoms with Gasteiger partial charge in [0.1, 0.15) is 6.61 Å². The lowest BCUT2D eigenvalue weighted by Crippen LogP contribution is -2.53. The molecule has 1 amide bonds. The zero-order valence-corrected chi connectivity index (χ0v) is 21.1. The molecule has 37 heavy (non-hydrogen) atoms. The number of morpholine rings is 1. The Morgan fingerprint density at radius 3 is 1.86 bits per heavy atom. The molecule has 10 nitrogen and oxygen atoms in total. The third kappa shape index (κ3) is 13.3. The average Bonchev–Trinajstić information content (AvgIpc) is 3.21. The molecule has 0 bridgehead atoms. The zero-order chi connectivity index (χ0) is 29.0. The second-order valence-electron chi connectivity index (χ2n) is 8.29. The maximum atomic E-state index is 11.7. The maximum absolute atomic E-state index is 11.7. The zero-order valence-electron chi connectivity index (χ0n) is 21.1. The minimum Gasteiger partial charge on any atom is -0.475 e. The molecule has 16 heteroatoms. The molecule has 1 aliphatic heterocycles. The highest BCUT2D eigenvalue weighted by Crippen LogP contribution is 2.32. The molecular formula is C21H35F6N3O7. The summed E-state index contributed by atoms with van der Waals surface area (Å²) < 4.78 is 75.3. The van der Waals surface area contributed by atoms with E-state index in [0.29, 0.717) is 6.04 Å². The van der Waals surface area contributed by atoms with Crippen molar-refractivity contribution in [3.8, 4) is 0 Å². The summed E-state index contributed by atoms with van der Waals surface area (Å²) in [5.41, 5.74) is 0. The molecule has 1 aliphatic carbocycles. The summed E-state index contributed by atoms with van der Waals surface area (Å²) in [7, 11) is 3.52. The number of hydrogen-bond donors (Lipinski definition) is 2. The van der Waals surface area contributed by atoms with Crippen LogP contribution in [0.1, 0.15) is 26.7 Å². The highest BCUT2D eigenvalue weighted by molar-refractivity contribution is 5.76. The fourth-order valence-electron chi connectivity index (χ4n) is 3.56. The summed E-state index contributed by atoms with van der Waals surface area (Å²) in [6.07, 6.45) is -7.91. The van der Waals surface area contributed by atoms with E-state index < -0.39 is 24.3 Å². The van der Waals surface area contributed by atoms with Crippen LogP contribution in [0.2, 0.25) is 0 Å². The van der Waals surface area contributed by atoms with Crippen LogP contribution < -0.4 is 0 Å². The van der Waals surface area contributed by atoms with Crippen molar-refractivity contribution in [1.82, 2.24) is 14.7 Å². The summed E-state index contributed by atoms with van der Waals surface area (Å²) in [5.74, 6) is -5.50. The molecular weight excluding hydrogens is 520 g/mol. The molecule has 1 heterocycles. The minimum absolute atomic E-state index is 0.0163. The lowest BCUT2D eigenvalue weighted by Gasteiger charge is -2.39. The average molecular weight is 556 g/mol. The Hall–Kier alpha value is -2.17. The second-order valence-corrected chi connectivity index (χ2v) is 8.29. The van der Waals surface area contributed by atoms with Crippen LogP contribution in [0.5, 0.6) is 0 Å². The van der Waals surface area contributed by atoms with Gasteiger partial charge in [-0.15, -0.1) is 0 Å². The van der Waals surface area contributed by atoms with Crippen LogP contribution >= 0.6 is 0 Å². The van der Waals surface area contributed by atoms with E-state index in [4.69, 9.17) is 29.3 Å². The normalized spacial score (nSPS) is 21.8. The van der Waals surface area contributed by atoms with Gasteiger partial charge in [0, 0.05) is 39.8 Å². The Balaban J connectivity index is 0.000000761. The van der Waals surface area contributed by atoms with Gasteiger partial charge in [-0.2, -0.15) is 26.3 Å². The molecule has 0 spiro atoms. The van der Waals surface area contributed by atoms with Gasteiger partial charge < -0.3 is 29.5 Å². The van der Waals surface area contributed by atoms with E-state index in [2.05, 4.69) is 23.6 Å². The quantitative estimate of drug-likeness (QED) is 0.433. The van der Waals surface area contributed by atoms with Gasteiger partial charge in [-0.25, -0.2) is 9.59 Å². The van der Waals surface area contributed by atoms with Crippen molar-refractivity contribution >= 4 is 17.8 Å². The number of carboxylic acid groups (broad SMARTS) is 2. The predicted molar refractivity (Wildman–Crippen MR) is 118 cm³/mol. The molecule has 1 saturated carbocycles. The summed E-state index contributed by atoms with van der Waals surface area (Å²) in [5, 5.41) is 14.2. The number of carboxylic acids is 2. The number of likely N-dealkylation sites (N-methyl/N-ethyl adjacent to an activating group) is 2. The lowest BCUT2D eigenvalue weighted by atomic mass is 10.1. The number of ether oxygens (including phenoxy) is 2. The number of hydrogen-bond acceptors (Lipinski definition) is 7. The smallest absolute Gasteiger partial charge is 0.475 e. The van der Waals surface area contributed by atoms with Crippen LogP contribution in [0.4, 0.5) is 26.3 Å². The first-order chi connectivity index (χ1) is 16.9. The fourth-order valence-corrected chi connectivity index (χ4v) is 3.56. The van der Waals surface area contributed by atoms with Gasteiger partial charge in [0.15, 0.2) is 0 Å². The second kappa shape index (κ2) is 15.9. The van der Waals surface area contributed by atoms with E-state index >= 15 is 0 Å². The predicted octanol–water partition coefficient (Wildman–Crippen LogP) is 1.93. The van der Waals surface area contributed by atoms with Crippen molar-refractivity contribution < 1.29 is 60.4 Å². The number of fused-ring (bicyclic) bond motifs is 1. The van der Waals surface area contributed by atoms with Crippen molar-refractivity contribution in [3.63, 3.8) is 0 Å². The Kier molecular flexibility index (Phi) is 15.0. The first-order valence-electron chi connectivity index (χ1n) is 11.5. The van der Waals surface area contributed by atoms with Gasteiger partial charge >= 0.3 is 24.3 Å². The number of aliphatic carboxylic acids is 2. The van der Waals surface area contributed by atoms with E-state index in [1.807, 2.05) is 0 Å². The molecule has 1 saturated heterocycles. The Labute approximate surface area is 211 Å². The number of carbonyl (C=O) groups excluding carboxylic acids is 1. The summed E-state index contributed by atoms with van der Waals surface area (Å²) in [6, 6.07) is 0.443. The third-order valence-electron chi connectivity index (χ3n) is 5.65. The monoisotopic (exact) mass is 555 g/mol. The van der Waals surface area contributed by atoms with Crippen LogP contribution in [0.3, 0.4) is 0 Å². The number of alkyl halides is 6. The number of carbonyl (C=O) groups is 3. The van der Waals surface area contributed by atoms with Gasteiger partial charge in [-0.3, -0.25) is 9.69 Å². The van der Waals surface area contributed by atoms with Gasteiger partial charge in [0.05, 0.1) is 18.8 Å². The van der Waals surface area contributed by atoms with E-state index in [1.165, 1.54) is 0 Å². The van der Waals surface area contributed by atoms with Crippen LogP contribution in [0.15, 0.2) is 0 Å². The first kappa shape index (κ1) is 34.8. The third-order valence-corrected chi connectivity index (χ3v) is 5.65.